The van der Waals surface area contributed by atoms with Crippen LogP contribution in [0, 0.1) is 58.2 Å². The van der Waals surface area contributed by atoms with Gasteiger partial charge in [0.15, 0.2) is 11.5 Å². The quantitative estimate of drug-likeness (QED) is 0.103. The van der Waals surface area contributed by atoms with Crippen molar-refractivity contribution in [3.05, 3.63) is 190 Å². The van der Waals surface area contributed by atoms with Gasteiger partial charge in [-0.3, -0.25) is 9.59 Å². The van der Waals surface area contributed by atoms with Crippen molar-refractivity contribution in [1.29, 1.82) is 0 Å². The van der Waals surface area contributed by atoms with Gasteiger partial charge in [0.2, 0.25) is 0 Å². The van der Waals surface area contributed by atoms with Crippen LogP contribution in [0.25, 0.3) is 11.1 Å². The van der Waals surface area contributed by atoms with Gasteiger partial charge in [0.05, 0.1) is 22.0 Å². The highest BCUT2D eigenvalue weighted by molar-refractivity contribution is 5.90. The van der Waals surface area contributed by atoms with Gasteiger partial charge < -0.3 is 9.47 Å². The Morgan fingerprint density at radius 2 is 0.621 bits per heavy atom. The van der Waals surface area contributed by atoms with E-state index < -0.39 is 22.8 Å². The molecule has 0 atom stereocenters. The average Bonchev–Trinajstić information content (AvgIpc) is 3.22. The number of carbonyl (C=O) groups excluding carboxylic acids is 2. The lowest BCUT2D eigenvalue weighted by atomic mass is 9.92. The summed E-state index contributed by atoms with van der Waals surface area (Å²) in [6, 6.07) is 45.7. The smallest absolute Gasteiger partial charge is 0.316 e. The molecule has 0 unspecified atom stereocenters. The number of hydrogen-bond donors (Lipinski definition) is 0. The second kappa shape index (κ2) is 18.0. The van der Waals surface area contributed by atoms with Crippen molar-refractivity contribution >= 4 is 11.9 Å². The highest BCUT2D eigenvalue weighted by atomic mass is 16.5. The Kier molecular flexibility index (Phi) is 12.4. The zero-order valence-corrected chi connectivity index (χ0v) is 33.5. The van der Waals surface area contributed by atoms with E-state index in [2.05, 4.69) is 47.4 Å². The molecule has 0 aliphatic carbocycles. The molecule has 0 spiro atoms. The normalized spacial score (nSPS) is 10.5. The number of carbonyl (C=O) groups is 2. The lowest BCUT2D eigenvalue weighted by Crippen LogP contribution is -2.27. The van der Waals surface area contributed by atoms with Gasteiger partial charge >= 0.3 is 11.9 Å². The minimum atomic E-state index is -0.871. The molecule has 0 bridgehead atoms. The predicted molar refractivity (Wildman–Crippen MR) is 232 cm³/mol. The standard InChI is InChI=1S/C54H42O4/c1-53(2,3)51(55)57-49-45(33-31-41-23-15-9-16-24-41)35-43(29-27-39-19-11-7-12-20-39)37-47(49)48-38-44(30-28-40-21-13-8-14-22-40)36-46(34-32-42-25-17-10-18-26-42)50(48)58-52(56)54(4,5)6/h7-26,35-38H,1-6H3. The Balaban J connectivity index is 1.73. The zero-order valence-electron chi connectivity index (χ0n) is 33.5. The summed E-state index contributed by atoms with van der Waals surface area (Å²) in [5.41, 5.74) is 4.33. The summed E-state index contributed by atoms with van der Waals surface area (Å²) in [6.07, 6.45) is 0. The van der Waals surface area contributed by atoms with Crippen LogP contribution >= 0.6 is 0 Å². The van der Waals surface area contributed by atoms with E-state index in [-0.39, 0.29) is 11.5 Å². The maximum absolute atomic E-state index is 13.9. The molecule has 0 aliphatic rings. The minimum Gasteiger partial charge on any atom is -0.424 e. The van der Waals surface area contributed by atoms with E-state index in [0.29, 0.717) is 33.4 Å². The lowest BCUT2D eigenvalue weighted by molar-refractivity contribution is -0.143. The Morgan fingerprint density at radius 3 is 0.897 bits per heavy atom. The van der Waals surface area contributed by atoms with Crippen LogP contribution in [0.3, 0.4) is 0 Å². The van der Waals surface area contributed by atoms with E-state index in [1.54, 1.807) is 41.5 Å². The number of esters is 2. The van der Waals surface area contributed by atoms with Crippen LogP contribution in [0.4, 0.5) is 0 Å². The molecule has 6 rings (SSSR count). The number of benzene rings is 6. The van der Waals surface area contributed by atoms with Crippen LogP contribution in [0.1, 0.15) is 86.1 Å². The molecule has 0 heterocycles. The number of ether oxygens (including phenoxy) is 2. The van der Waals surface area contributed by atoms with Gasteiger partial charge in [-0.25, -0.2) is 0 Å². The minimum absolute atomic E-state index is 0.191. The van der Waals surface area contributed by atoms with Gasteiger partial charge in [-0.2, -0.15) is 0 Å². The largest absolute Gasteiger partial charge is 0.424 e. The maximum Gasteiger partial charge on any atom is 0.316 e. The fourth-order valence-corrected chi connectivity index (χ4v) is 5.35. The van der Waals surface area contributed by atoms with Crippen molar-refractivity contribution in [3.8, 4) is 70.0 Å². The zero-order chi connectivity index (χ0) is 41.1. The summed E-state index contributed by atoms with van der Waals surface area (Å²) in [5.74, 6) is 25.6. The lowest BCUT2D eigenvalue weighted by Gasteiger charge is -2.22. The molecule has 0 saturated carbocycles. The fourth-order valence-electron chi connectivity index (χ4n) is 5.35. The van der Waals surface area contributed by atoms with Crippen LogP contribution in [-0.2, 0) is 9.59 Å². The van der Waals surface area contributed by atoms with Crippen molar-refractivity contribution in [1.82, 2.24) is 0 Å². The van der Waals surface area contributed by atoms with Crippen LogP contribution in [0.5, 0.6) is 11.5 Å². The van der Waals surface area contributed by atoms with Crippen molar-refractivity contribution in [2.75, 3.05) is 0 Å². The summed E-state index contributed by atoms with van der Waals surface area (Å²) in [7, 11) is 0. The van der Waals surface area contributed by atoms with Gasteiger partial charge in [0.25, 0.3) is 0 Å². The average molecular weight is 755 g/mol. The maximum atomic E-state index is 13.9. The van der Waals surface area contributed by atoms with Crippen LogP contribution < -0.4 is 9.47 Å². The fraction of sp³-hybridized carbons (Fsp3) is 0.148. The highest BCUT2D eigenvalue weighted by Gasteiger charge is 2.30. The summed E-state index contributed by atoms with van der Waals surface area (Å²) < 4.78 is 12.7. The first kappa shape index (κ1) is 40.2. The summed E-state index contributed by atoms with van der Waals surface area (Å²) in [5, 5.41) is 0. The van der Waals surface area contributed by atoms with E-state index in [9.17, 15) is 9.59 Å². The monoisotopic (exact) mass is 754 g/mol. The second-order valence-electron chi connectivity index (χ2n) is 15.5. The van der Waals surface area contributed by atoms with Crippen molar-refractivity contribution < 1.29 is 19.1 Å². The van der Waals surface area contributed by atoms with Crippen molar-refractivity contribution in [3.63, 3.8) is 0 Å². The summed E-state index contributed by atoms with van der Waals surface area (Å²) >= 11 is 0. The summed E-state index contributed by atoms with van der Waals surface area (Å²) in [6.45, 7) is 10.7. The Bertz CT molecular complexity index is 2510. The molecule has 6 aromatic rings. The van der Waals surface area contributed by atoms with Crippen LogP contribution in [0.2, 0.25) is 0 Å². The van der Waals surface area contributed by atoms with Crippen molar-refractivity contribution in [2.24, 2.45) is 10.8 Å². The molecule has 58 heavy (non-hydrogen) atoms. The Morgan fingerprint density at radius 1 is 0.362 bits per heavy atom. The molecule has 0 amide bonds. The third kappa shape index (κ3) is 10.8. The Labute approximate surface area is 342 Å². The van der Waals surface area contributed by atoms with E-state index in [0.717, 1.165) is 22.3 Å². The molecule has 0 saturated heterocycles. The topological polar surface area (TPSA) is 52.6 Å². The number of hydrogen-bond acceptors (Lipinski definition) is 4. The molecule has 282 valence electrons. The van der Waals surface area contributed by atoms with Crippen molar-refractivity contribution in [2.45, 2.75) is 41.5 Å². The first-order valence-corrected chi connectivity index (χ1v) is 18.9. The van der Waals surface area contributed by atoms with Gasteiger partial charge in [-0.1, -0.05) is 120 Å². The molecule has 0 radical (unpaired) electrons. The summed E-state index contributed by atoms with van der Waals surface area (Å²) in [4.78, 5) is 27.7. The third-order valence-corrected chi connectivity index (χ3v) is 8.56. The molecule has 4 heteroatoms. The highest BCUT2D eigenvalue weighted by Crippen LogP contribution is 2.43. The van der Waals surface area contributed by atoms with Gasteiger partial charge in [-0.05, 0) is 114 Å². The third-order valence-electron chi connectivity index (χ3n) is 8.56. The predicted octanol–water partition coefficient (Wildman–Crippen LogP) is 10.9. The van der Waals surface area contributed by atoms with E-state index >= 15 is 0 Å². The van der Waals surface area contributed by atoms with E-state index in [4.69, 9.17) is 9.47 Å². The van der Waals surface area contributed by atoms with Crippen LogP contribution in [0.15, 0.2) is 146 Å². The number of rotatable bonds is 3. The molecule has 0 aromatic heterocycles. The molecular formula is C54H42O4. The van der Waals surface area contributed by atoms with Crippen LogP contribution in [-0.4, -0.2) is 11.9 Å². The second-order valence-corrected chi connectivity index (χ2v) is 15.5. The van der Waals surface area contributed by atoms with Gasteiger partial charge in [0.1, 0.15) is 0 Å². The molecule has 0 aliphatic heterocycles. The van der Waals surface area contributed by atoms with Gasteiger partial charge in [-0.15, -0.1) is 0 Å². The molecule has 0 N–H and O–H groups in total. The first-order valence-electron chi connectivity index (χ1n) is 18.9. The molecule has 6 aromatic carbocycles. The molecule has 4 nitrogen and oxygen atoms in total. The first-order chi connectivity index (χ1) is 27.8. The Hall–Kier alpha value is -7.50. The molecule has 0 fully saturated rings. The molecular weight excluding hydrogens is 713 g/mol. The van der Waals surface area contributed by atoms with E-state index in [1.165, 1.54) is 0 Å². The van der Waals surface area contributed by atoms with E-state index in [1.807, 2.05) is 146 Å². The van der Waals surface area contributed by atoms with Gasteiger partial charge in [0, 0.05) is 44.5 Å². The SMILES string of the molecule is CC(C)(C)C(=O)Oc1c(C#Cc2ccccc2)cc(C#Cc2ccccc2)cc1-c1cc(C#Cc2ccccc2)cc(C#Cc2ccccc2)c1OC(=O)C(C)(C)C.